The number of thiazole rings is 1. The van der Waals surface area contributed by atoms with Gasteiger partial charge in [0.15, 0.2) is 5.13 Å². The highest BCUT2D eigenvalue weighted by molar-refractivity contribution is 7.15. The van der Waals surface area contributed by atoms with E-state index < -0.39 is 0 Å². The molecule has 2 aliphatic rings. The summed E-state index contributed by atoms with van der Waals surface area (Å²) in [6.45, 7) is 1.16. The molecule has 4 rings (SSSR count). The van der Waals surface area contributed by atoms with Crippen LogP contribution in [0.15, 0.2) is 24.4 Å². The standard InChI is InChI=1S/C17H18N4O2S/c22-15(11-4-3-5-11)20-17-19-12-7-9-21(10-14(12)24-17)16(23)13-6-1-2-8-18-13/h1-2,6,8,11H,3-5,7,9-10H2,(H,19,20,22). The van der Waals surface area contributed by atoms with Crippen LogP contribution in [0.1, 0.15) is 40.3 Å². The molecular weight excluding hydrogens is 324 g/mol. The van der Waals surface area contributed by atoms with Crippen molar-refractivity contribution in [3.63, 3.8) is 0 Å². The van der Waals surface area contributed by atoms with E-state index in [1.54, 1.807) is 23.2 Å². The second-order valence-corrected chi connectivity index (χ2v) is 7.28. The van der Waals surface area contributed by atoms with Gasteiger partial charge in [-0.3, -0.25) is 14.6 Å². The lowest BCUT2D eigenvalue weighted by Gasteiger charge is -2.25. The van der Waals surface area contributed by atoms with E-state index >= 15 is 0 Å². The predicted octanol–water partition coefficient (Wildman–Crippen LogP) is 2.48. The molecule has 3 heterocycles. The molecule has 1 N–H and O–H groups in total. The van der Waals surface area contributed by atoms with Gasteiger partial charge in [-0.25, -0.2) is 4.98 Å². The summed E-state index contributed by atoms with van der Waals surface area (Å²) in [5, 5.41) is 3.59. The van der Waals surface area contributed by atoms with E-state index in [0.717, 1.165) is 29.8 Å². The Labute approximate surface area is 143 Å². The molecule has 0 bridgehead atoms. The van der Waals surface area contributed by atoms with Gasteiger partial charge in [0, 0.05) is 30.0 Å². The fraction of sp³-hybridized carbons (Fsp3) is 0.412. The molecule has 0 radical (unpaired) electrons. The molecule has 6 nitrogen and oxygen atoms in total. The number of rotatable bonds is 3. The van der Waals surface area contributed by atoms with Gasteiger partial charge in [-0.2, -0.15) is 0 Å². The lowest BCUT2D eigenvalue weighted by molar-refractivity contribution is -0.122. The first-order valence-electron chi connectivity index (χ1n) is 8.20. The van der Waals surface area contributed by atoms with Gasteiger partial charge < -0.3 is 10.2 Å². The topological polar surface area (TPSA) is 75.2 Å². The van der Waals surface area contributed by atoms with Crippen molar-refractivity contribution in [1.82, 2.24) is 14.9 Å². The van der Waals surface area contributed by atoms with E-state index in [4.69, 9.17) is 0 Å². The smallest absolute Gasteiger partial charge is 0.272 e. The molecule has 1 fully saturated rings. The Hall–Kier alpha value is -2.28. The van der Waals surface area contributed by atoms with Crippen molar-refractivity contribution in [2.45, 2.75) is 32.2 Å². The highest BCUT2D eigenvalue weighted by Crippen LogP contribution is 2.31. The van der Waals surface area contributed by atoms with E-state index in [9.17, 15) is 9.59 Å². The second kappa shape index (κ2) is 6.32. The summed E-state index contributed by atoms with van der Waals surface area (Å²) in [4.78, 5) is 36.1. The molecule has 1 aliphatic carbocycles. The third-order valence-electron chi connectivity index (χ3n) is 4.61. The van der Waals surface area contributed by atoms with Crippen molar-refractivity contribution >= 4 is 28.3 Å². The van der Waals surface area contributed by atoms with Crippen LogP contribution in [0.5, 0.6) is 0 Å². The molecule has 0 saturated heterocycles. The molecule has 124 valence electrons. The first-order valence-corrected chi connectivity index (χ1v) is 9.02. The SMILES string of the molecule is O=C(Nc1nc2c(s1)CN(C(=O)c1ccccn1)CC2)C1CCC1. The van der Waals surface area contributed by atoms with Crippen LogP contribution >= 0.6 is 11.3 Å². The predicted molar refractivity (Wildman–Crippen MR) is 90.8 cm³/mol. The van der Waals surface area contributed by atoms with Crippen LogP contribution < -0.4 is 5.32 Å². The molecule has 2 aromatic heterocycles. The van der Waals surface area contributed by atoms with Crippen molar-refractivity contribution in [3.8, 4) is 0 Å². The molecule has 0 spiro atoms. The van der Waals surface area contributed by atoms with E-state index in [1.807, 2.05) is 6.07 Å². The Balaban J connectivity index is 1.45. The van der Waals surface area contributed by atoms with Crippen molar-refractivity contribution in [3.05, 3.63) is 40.7 Å². The van der Waals surface area contributed by atoms with Crippen LogP contribution in [0.2, 0.25) is 0 Å². The molecule has 0 atom stereocenters. The van der Waals surface area contributed by atoms with Crippen LogP contribution in [0.3, 0.4) is 0 Å². The number of anilines is 1. The minimum absolute atomic E-state index is 0.0605. The molecule has 1 aliphatic heterocycles. The van der Waals surface area contributed by atoms with E-state index in [0.29, 0.717) is 30.3 Å². The molecular formula is C17H18N4O2S. The first-order chi connectivity index (χ1) is 11.7. The number of nitrogens with zero attached hydrogens (tertiary/aromatic N) is 3. The Bertz CT molecular complexity index is 770. The van der Waals surface area contributed by atoms with Crippen molar-refractivity contribution < 1.29 is 9.59 Å². The maximum atomic E-state index is 12.5. The second-order valence-electron chi connectivity index (χ2n) is 6.20. The van der Waals surface area contributed by atoms with E-state index in [1.165, 1.54) is 11.3 Å². The maximum absolute atomic E-state index is 12.5. The summed E-state index contributed by atoms with van der Waals surface area (Å²) in [6, 6.07) is 5.34. The highest BCUT2D eigenvalue weighted by atomic mass is 32.1. The van der Waals surface area contributed by atoms with Gasteiger partial charge in [0.05, 0.1) is 12.2 Å². The van der Waals surface area contributed by atoms with Gasteiger partial charge in [-0.15, -0.1) is 0 Å². The number of nitrogens with one attached hydrogen (secondary N) is 1. The lowest BCUT2D eigenvalue weighted by Crippen LogP contribution is -2.35. The number of aromatic nitrogens is 2. The highest BCUT2D eigenvalue weighted by Gasteiger charge is 2.28. The maximum Gasteiger partial charge on any atom is 0.272 e. The first kappa shape index (κ1) is 15.3. The lowest BCUT2D eigenvalue weighted by atomic mass is 9.85. The molecule has 24 heavy (non-hydrogen) atoms. The average molecular weight is 342 g/mol. The molecule has 0 aromatic carbocycles. The summed E-state index contributed by atoms with van der Waals surface area (Å²) in [5.74, 6) is 0.164. The van der Waals surface area contributed by atoms with Gasteiger partial charge in [-0.05, 0) is 25.0 Å². The van der Waals surface area contributed by atoms with Crippen LogP contribution in [0.4, 0.5) is 5.13 Å². The Morgan fingerprint density at radius 2 is 2.17 bits per heavy atom. The molecule has 1 saturated carbocycles. The largest absolute Gasteiger partial charge is 0.332 e. The van der Waals surface area contributed by atoms with E-state index in [2.05, 4.69) is 15.3 Å². The number of pyridine rings is 1. The Kier molecular flexibility index (Phi) is 4.02. The van der Waals surface area contributed by atoms with Gasteiger partial charge in [0.2, 0.25) is 5.91 Å². The number of carbonyl (C=O) groups is 2. The van der Waals surface area contributed by atoms with Crippen LogP contribution in [0, 0.1) is 5.92 Å². The molecule has 7 heteroatoms. The van der Waals surface area contributed by atoms with Crippen LogP contribution in [-0.2, 0) is 17.8 Å². The quantitative estimate of drug-likeness (QED) is 0.930. The zero-order chi connectivity index (χ0) is 16.5. The third-order valence-corrected chi connectivity index (χ3v) is 5.61. The normalized spacial score (nSPS) is 17.1. The fourth-order valence-corrected chi connectivity index (χ4v) is 3.98. The number of amides is 2. The minimum atomic E-state index is -0.0605. The number of fused-ring (bicyclic) bond motifs is 1. The van der Waals surface area contributed by atoms with E-state index in [-0.39, 0.29) is 17.7 Å². The fourth-order valence-electron chi connectivity index (χ4n) is 2.95. The van der Waals surface area contributed by atoms with Crippen LogP contribution in [-0.4, -0.2) is 33.2 Å². The Morgan fingerprint density at radius 1 is 1.29 bits per heavy atom. The van der Waals surface area contributed by atoms with Crippen molar-refractivity contribution in [2.24, 2.45) is 5.92 Å². The van der Waals surface area contributed by atoms with Crippen LogP contribution in [0.25, 0.3) is 0 Å². The van der Waals surface area contributed by atoms with Crippen molar-refractivity contribution in [2.75, 3.05) is 11.9 Å². The summed E-state index contributed by atoms with van der Waals surface area (Å²) in [6.07, 6.45) is 5.43. The summed E-state index contributed by atoms with van der Waals surface area (Å²) in [7, 11) is 0. The molecule has 2 aromatic rings. The van der Waals surface area contributed by atoms with Gasteiger partial charge in [0.1, 0.15) is 5.69 Å². The summed E-state index contributed by atoms with van der Waals surface area (Å²) in [5.41, 5.74) is 1.46. The zero-order valence-corrected chi connectivity index (χ0v) is 14.0. The van der Waals surface area contributed by atoms with Gasteiger partial charge in [-0.1, -0.05) is 23.8 Å². The third kappa shape index (κ3) is 2.91. The number of hydrogen-bond acceptors (Lipinski definition) is 5. The molecule has 2 amide bonds. The summed E-state index contributed by atoms with van der Waals surface area (Å²) < 4.78 is 0. The van der Waals surface area contributed by atoms with Crippen molar-refractivity contribution in [1.29, 1.82) is 0 Å². The average Bonchev–Trinajstić information content (AvgIpc) is 2.94. The van der Waals surface area contributed by atoms with Gasteiger partial charge in [0.25, 0.3) is 5.91 Å². The van der Waals surface area contributed by atoms with Gasteiger partial charge >= 0.3 is 0 Å². The monoisotopic (exact) mass is 342 g/mol. The summed E-state index contributed by atoms with van der Waals surface area (Å²) >= 11 is 1.47. The Morgan fingerprint density at radius 3 is 2.88 bits per heavy atom. The number of carbonyl (C=O) groups excluding carboxylic acids is 2. The zero-order valence-electron chi connectivity index (χ0n) is 13.2. The minimum Gasteiger partial charge on any atom is -0.332 e. The molecule has 0 unspecified atom stereocenters. The number of hydrogen-bond donors (Lipinski definition) is 1.